The van der Waals surface area contributed by atoms with E-state index in [4.69, 9.17) is 14.2 Å². The summed E-state index contributed by atoms with van der Waals surface area (Å²) in [4.78, 5) is 47.2. The van der Waals surface area contributed by atoms with Crippen LogP contribution in [0.1, 0.15) is 60.9 Å². The predicted molar refractivity (Wildman–Crippen MR) is 152 cm³/mol. The number of aromatic amines is 1. The average Bonchev–Trinajstić information content (AvgIpc) is 2.94. The third-order valence-corrected chi connectivity index (χ3v) is 7.41. The number of nitrogens with one attached hydrogen (secondary N) is 2. The Kier molecular flexibility index (Phi) is 8.12. The fourth-order valence-electron chi connectivity index (χ4n) is 5.11. The molecule has 0 saturated carbocycles. The van der Waals surface area contributed by atoms with Gasteiger partial charge in [0.2, 0.25) is 5.91 Å². The largest absolute Gasteiger partial charge is 0.493 e. The van der Waals surface area contributed by atoms with Crippen LogP contribution in [0.15, 0.2) is 53.3 Å². The minimum absolute atomic E-state index is 0.0913. The fraction of sp³-hybridized carbons (Fsp3) is 0.419. The first-order chi connectivity index (χ1) is 19.6. The summed E-state index contributed by atoms with van der Waals surface area (Å²) in [6.07, 6.45) is 0.956. The molecule has 2 N–H and O–H groups in total. The summed E-state index contributed by atoms with van der Waals surface area (Å²) < 4.78 is 17.9. The maximum Gasteiger partial charge on any atom is 0.345 e. The highest BCUT2D eigenvalue weighted by molar-refractivity contribution is 5.92. The van der Waals surface area contributed by atoms with Crippen LogP contribution in [0.3, 0.4) is 0 Å². The van der Waals surface area contributed by atoms with E-state index in [-0.39, 0.29) is 42.0 Å². The van der Waals surface area contributed by atoms with Crippen molar-refractivity contribution in [1.82, 2.24) is 20.2 Å². The number of fused-ring (bicyclic) bond motifs is 5. The third kappa shape index (κ3) is 6.77. The number of carbonyl (C=O) groups is 2. The molecule has 216 valence electrons. The number of aromatic nitrogens is 2. The Morgan fingerprint density at radius 2 is 1.90 bits per heavy atom. The molecule has 1 fully saturated rings. The molecule has 2 aromatic carbocycles. The van der Waals surface area contributed by atoms with E-state index < -0.39 is 11.7 Å². The van der Waals surface area contributed by atoms with Gasteiger partial charge in [-0.1, -0.05) is 39.0 Å². The highest BCUT2D eigenvalue weighted by Crippen LogP contribution is 2.33. The zero-order valence-electron chi connectivity index (χ0n) is 23.9. The fourth-order valence-corrected chi connectivity index (χ4v) is 5.11. The topological polar surface area (TPSA) is 123 Å². The normalized spacial score (nSPS) is 19.6. The Hall–Kier alpha value is -4.18. The zero-order chi connectivity index (χ0) is 29.1. The van der Waals surface area contributed by atoms with Crippen LogP contribution >= 0.6 is 0 Å². The van der Waals surface area contributed by atoms with Crippen molar-refractivity contribution in [3.8, 4) is 17.2 Å². The molecule has 2 aliphatic heterocycles. The van der Waals surface area contributed by atoms with E-state index in [2.05, 4.69) is 15.3 Å². The van der Waals surface area contributed by atoms with Gasteiger partial charge >= 0.3 is 5.69 Å². The molecule has 2 amide bonds. The number of likely N-dealkylation sites (tertiary alicyclic amines) is 1. The van der Waals surface area contributed by atoms with Crippen LogP contribution in [0, 0.1) is 0 Å². The molecular weight excluding hydrogens is 524 g/mol. The van der Waals surface area contributed by atoms with E-state index in [1.807, 2.05) is 63.2 Å². The molecule has 1 saturated heterocycles. The maximum absolute atomic E-state index is 13.5. The molecule has 3 heterocycles. The molecular formula is C31H36N4O6. The summed E-state index contributed by atoms with van der Waals surface area (Å²) in [5, 5.41) is 3.11. The molecule has 1 aromatic heterocycles. The van der Waals surface area contributed by atoms with E-state index in [0.717, 1.165) is 11.1 Å². The zero-order valence-corrected chi connectivity index (χ0v) is 23.9. The third-order valence-electron chi connectivity index (χ3n) is 7.41. The summed E-state index contributed by atoms with van der Waals surface area (Å²) in [6, 6.07) is 14.5. The Bertz CT molecular complexity index is 1490. The first-order valence-electron chi connectivity index (χ1n) is 13.8. The van der Waals surface area contributed by atoms with Gasteiger partial charge in [0, 0.05) is 30.6 Å². The van der Waals surface area contributed by atoms with Gasteiger partial charge in [0.15, 0.2) is 11.5 Å². The lowest BCUT2D eigenvalue weighted by atomic mass is 9.91. The smallest absolute Gasteiger partial charge is 0.345 e. The van der Waals surface area contributed by atoms with Crippen molar-refractivity contribution >= 4 is 11.8 Å². The number of piperidine rings is 1. The van der Waals surface area contributed by atoms with Crippen molar-refractivity contribution in [3.63, 3.8) is 0 Å². The molecule has 2 atom stereocenters. The SMILES string of the molecule is COc1ccc2cc1Oc1cccc(c1)CO[C@@H]1CCN(C(=O)c3cc(C(C)(C)C)[nH]c(=O)n3)C[C@@H]1NC(=O)CC2. The number of ether oxygens (including phenoxy) is 3. The first-order valence-corrected chi connectivity index (χ1v) is 13.8. The number of amides is 2. The van der Waals surface area contributed by atoms with Crippen LogP contribution in [-0.4, -0.2) is 59.0 Å². The van der Waals surface area contributed by atoms with Gasteiger partial charge in [-0.25, -0.2) is 4.79 Å². The van der Waals surface area contributed by atoms with Gasteiger partial charge in [0.05, 0.1) is 25.9 Å². The molecule has 2 aliphatic rings. The Balaban J connectivity index is 1.39. The van der Waals surface area contributed by atoms with Gasteiger partial charge in [0.1, 0.15) is 11.4 Å². The maximum atomic E-state index is 13.5. The lowest BCUT2D eigenvalue weighted by Gasteiger charge is -2.38. The highest BCUT2D eigenvalue weighted by atomic mass is 16.5. The molecule has 3 aromatic rings. The number of rotatable bonds is 2. The van der Waals surface area contributed by atoms with E-state index in [1.54, 1.807) is 18.1 Å². The van der Waals surface area contributed by atoms with Crippen molar-refractivity contribution < 1.29 is 23.8 Å². The van der Waals surface area contributed by atoms with E-state index in [9.17, 15) is 14.4 Å². The summed E-state index contributed by atoms with van der Waals surface area (Å²) in [5.74, 6) is 1.34. The van der Waals surface area contributed by atoms with Gasteiger partial charge in [-0.15, -0.1) is 0 Å². The minimum Gasteiger partial charge on any atom is -0.493 e. The van der Waals surface area contributed by atoms with Crippen molar-refractivity contribution in [2.24, 2.45) is 0 Å². The average molecular weight is 561 g/mol. The lowest BCUT2D eigenvalue weighted by Crippen LogP contribution is -2.57. The molecule has 5 rings (SSSR count). The van der Waals surface area contributed by atoms with Crippen molar-refractivity contribution in [2.45, 2.75) is 64.2 Å². The standard InChI is InChI=1S/C31H36N4O6/c1-31(2,3)27-16-22(33-30(38)34-27)29(37)35-13-12-24-23(17-35)32-28(36)11-9-19-8-10-25(39-4)26(15-19)41-21-7-5-6-20(14-21)18-40-24/h5-8,10,14-16,23-24H,9,11-13,17-18H2,1-4H3,(H,32,36)(H,33,34,38)/t23-,24+/m0/s1. The summed E-state index contributed by atoms with van der Waals surface area (Å²) in [7, 11) is 1.59. The molecule has 0 spiro atoms. The lowest BCUT2D eigenvalue weighted by molar-refractivity contribution is -0.124. The van der Waals surface area contributed by atoms with Crippen molar-refractivity contribution in [1.29, 1.82) is 0 Å². The molecule has 10 heteroatoms. The monoisotopic (exact) mass is 560 g/mol. The van der Waals surface area contributed by atoms with Crippen LogP contribution in [0.2, 0.25) is 0 Å². The minimum atomic E-state index is -0.561. The summed E-state index contributed by atoms with van der Waals surface area (Å²) in [5.41, 5.74) is 1.66. The molecule has 0 aliphatic carbocycles. The van der Waals surface area contributed by atoms with Crippen molar-refractivity contribution in [2.75, 3.05) is 20.2 Å². The second-order valence-electron chi connectivity index (χ2n) is 11.5. The second kappa shape index (κ2) is 11.7. The quantitative estimate of drug-likeness (QED) is 0.490. The van der Waals surface area contributed by atoms with Crippen LogP contribution < -0.4 is 20.5 Å². The molecule has 10 nitrogen and oxygen atoms in total. The predicted octanol–water partition coefficient (Wildman–Crippen LogP) is 3.73. The van der Waals surface area contributed by atoms with Gasteiger partial charge in [-0.05, 0) is 54.3 Å². The van der Waals surface area contributed by atoms with E-state index in [1.165, 1.54) is 0 Å². The summed E-state index contributed by atoms with van der Waals surface area (Å²) >= 11 is 0. The van der Waals surface area contributed by atoms with E-state index >= 15 is 0 Å². The van der Waals surface area contributed by atoms with Gasteiger partial charge in [-0.3, -0.25) is 9.59 Å². The second-order valence-corrected chi connectivity index (χ2v) is 11.5. The van der Waals surface area contributed by atoms with Gasteiger partial charge in [-0.2, -0.15) is 4.98 Å². The van der Waals surface area contributed by atoms with Crippen LogP contribution in [0.5, 0.6) is 17.2 Å². The van der Waals surface area contributed by atoms with Crippen LogP contribution in [-0.2, 0) is 28.0 Å². The van der Waals surface area contributed by atoms with Crippen molar-refractivity contribution in [3.05, 3.63) is 81.5 Å². The molecule has 0 radical (unpaired) electrons. The highest BCUT2D eigenvalue weighted by Gasteiger charge is 2.34. The first kappa shape index (κ1) is 28.4. The van der Waals surface area contributed by atoms with Gasteiger partial charge < -0.3 is 29.4 Å². The van der Waals surface area contributed by atoms with E-state index in [0.29, 0.717) is 48.9 Å². The number of hydrogen-bond acceptors (Lipinski definition) is 7. The van der Waals surface area contributed by atoms with Crippen LogP contribution in [0.4, 0.5) is 0 Å². The van der Waals surface area contributed by atoms with Crippen LogP contribution in [0.25, 0.3) is 0 Å². The summed E-state index contributed by atoms with van der Waals surface area (Å²) in [6.45, 7) is 6.82. The number of carbonyl (C=O) groups excluding carboxylic acids is 2. The number of hydrogen-bond donors (Lipinski definition) is 2. The number of H-pyrrole nitrogens is 1. The Morgan fingerprint density at radius 3 is 2.68 bits per heavy atom. The molecule has 4 bridgehead atoms. The molecule has 41 heavy (non-hydrogen) atoms. The molecule has 0 unspecified atom stereocenters. The number of methoxy groups -OCH3 is 1. The number of aryl methyl sites for hydroxylation is 1. The Labute approximate surface area is 239 Å². The number of benzene rings is 2. The Morgan fingerprint density at radius 1 is 1.07 bits per heavy atom. The number of nitrogens with zero attached hydrogens (tertiary/aromatic N) is 2. The van der Waals surface area contributed by atoms with Gasteiger partial charge in [0.25, 0.3) is 5.91 Å².